The lowest BCUT2D eigenvalue weighted by Gasteiger charge is -2.16. The van der Waals surface area contributed by atoms with E-state index in [0.717, 1.165) is 6.42 Å². The molecule has 1 N–H and O–H groups in total. The largest absolute Gasteiger partial charge is 0.481 e. The van der Waals surface area contributed by atoms with Gasteiger partial charge in [0.2, 0.25) is 0 Å². The number of aliphatic hydroxyl groups is 1. The van der Waals surface area contributed by atoms with Gasteiger partial charge >= 0.3 is 0 Å². The van der Waals surface area contributed by atoms with Crippen molar-refractivity contribution < 1.29 is 9.84 Å². The first-order valence-corrected chi connectivity index (χ1v) is 10.6. The van der Waals surface area contributed by atoms with Crippen molar-refractivity contribution in [3.8, 4) is 0 Å². The first kappa shape index (κ1) is 21.1. The van der Waals surface area contributed by atoms with Gasteiger partial charge in [0.05, 0.1) is 0 Å². The van der Waals surface area contributed by atoms with Crippen LogP contribution in [-0.2, 0) is 4.74 Å². The minimum Gasteiger partial charge on any atom is -0.481 e. The van der Waals surface area contributed by atoms with Gasteiger partial charge in [-0.25, -0.2) is 0 Å². The molecule has 0 aromatic carbocycles. The van der Waals surface area contributed by atoms with E-state index in [1.807, 2.05) is 12.2 Å². The second-order valence-corrected chi connectivity index (χ2v) is 7.28. The maximum absolute atomic E-state index is 9.29. The monoisotopic (exact) mass is 336 g/mol. The molecule has 0 fully saturated rings. The third-order valence-electron chi connectivity index (χ3n) is 4.93. The van der Waals surface area contributed by atoms with Crippen LogP contribution in [0.15, 0.2) is 24.2 Å². The van der Waals surface area contributed by atoms with Crippen molar-refractivity contribution in [1.29, 1.82) is 0 Å². The van der Waals surface area contributed by atoms with Crippen molar-refractivity contribution in [2.45, 2.75) is 116 Å². The molecule has 24 heavy (non-hydrogen) atoms. The molecule has 1 unspecified atom stereocenters. The summed E-state index contributed by atoms with van der Waals surface area (Å²) in [7, 11) is 0. The van der Waals surface area contributed by atoms with E-state index in [0.29, 0.717) is 0 Å². The normalized spacial score (nSPS) is 16.9. The molecule has 1 aliphatic heterocycles. The van der Waals surface area contributed by atoms with Gasteiger partial charge < -0.3 is 9.84 Å². The van der Waals surface area contributed by atoms with E-state index in [1.54, 1.807) is 6.08 Å². The fourth-order valence-corrected chi connectivity index (χ4v) is 3.37. The minimum absolute atomic E-state index is 0.0588. The Bertz CT molecular complexity index is 333. The van der Waals surface area contributed by atoms with Crippen LogP contribution in [0.2, 0.25) is 0 Å². The van der Waals surface area contributed by atoms with Gasteiger partial charge in [0.15, 0.2) is 0 Å². The molecule has 1 aliphatic rings. The summed E-state index contributed by atoms with van der Waals surface area (Å²) < 4.78 is 5.34. The Labute approximate surface area is 150 Å². The van der Waals surface area contributed by atoms with E-state index in [-0.39, 0.29) is 12.0 Å². The Balaban J connectivity index is 1.72. The first-order valence-electron chi connectivity index (χ1n) is 10.6. The van der Waals surface area contributed by atoms with Crippen LogP contribution >= 0.6 is 0 Å². The van der Waals surface area contributed by atoms with E-state index < -0.39 is 0 Å². The maximum Gasteiger partial charge on any atom is 0.277 e. The van der Waals surface area contributed by atoms with Gasteiger partial charge in [-0.3, -0.25) is 0 Å². The molecule has 2 heteroatoms. The van der Waals surface area contributed by atoms with Crippen LogP contribution in [0.4, 0.5) is 0 Å². The molecule has 0 amide bonds. The number of hydrogen-bond donors (Lipinski definition) is 1. The van der Waals surface area contributed by atoms with Crippen LogP contribution in [0.1, 0.15) is 110 Å². The summed E-state index contributed by atoms with van der Waals surface area (Å²) in [6.45, 7) is 2.28. The lowest BCUT2D eigenvalue weighted by atomic mass is 10.0. The first-order chi connectivity index (χ1) is 11.8. The molecule has 1 atom stereocenters. The van der Waals surface area contributed by atoms with E-state index in [1.165, 1.54) is 96.3 Å². The molecule has 0 aliphatic carbocycles. The van der Waals surface area contributed by atoms with Crippen molar-refractivity contribution in [3.63, 3.8) is 0 Å². The predicted octanol–water partition coefficient (Wildman–Crippen LogP) is 7.60. The molecular weight excluding hydrogens is 296 g/mol. The van der Waals surface area contributed by atoms with Gasteiger partial charge in [-0.2, -0.15) is 0 Å². The highest BCUT2D eigenvalue weighted by Gasteiger charge is 2.10. The van der Waals surface area contributed by atoms with Crippen molar-refractivity contribution in [2.24, 2.45) is 0 Å². The Kier molecular flexibility index (Phi) is 13.7. The van der Waals surface area contributed by atoms with Gasteiger partial charge in [-0.1, -0.05) is 103 Å². The highest BCUT2D eigenvalue weighted by molar-refractivity contribution is 5.10. The average molecular weight is 337 g/mol. The predicted molar refractivity (Wildman–Crippen MR) is 104 cm³/mol. The fourth-order valence-electron chi connectivity index (χ4n) is 3.37. The molecule has 2 nitrogen and oxygen atoms in total. The summed E-state index contributed by atoms with van der Waals surface area (Å²) >= 11 is 0. The lowest BCUT2D eigenvalue weighted by molar-refractivity contribution is 0.0481. The second kappa shape index (κ2) is 15.6. The third kappa shape index (κ3) is 12.5. The summed E-state index contributed by atoms with van der Waals surface area (Å²) in [5, 5.41) is 9.29. The summed E-state index contributed by atoms with van der Waals surface area (Å²) in [4.78, 5) is 0. The molecule has 0 aromatic rings. The molecule has 1 heterocycles. The number of rotatable bonds is 16. The van der Waals surface area contributed by atoms with Crippen LogP contribution in [0, 0.1) is 0 Å². The summed E-state index contributed by atoms with van der Waals surface area (Å²) in [6, 6.07) is 0. The summed E-state index contributed by atoms with van der Waals surface area (Å²) in [6.07, 6.45) is 27.5. The molecule has 0 radical (unpaired) electrons. The summed E-state index contributed by atoms with van der Waals surface area (Å²) in [5.74, 6) is 0.0588. The van der Waals surface area contributed by atoms with E-state index in [9.17, 15) is 5.11 Å². The molecule has 0 aromatic heterocycles. The van der Waals surface area contributed by atoms with E-state index >= 15 is 0 Å². The topological polar surface area (TPSA) is 29.5 Å². The molecule has 0 bridgehead atoms. The van der Waals surface area contributed by atoms with Crippen LogP contribution in [0.3, 0.4) is 0 Å². The third-order valence-corrected chi connectivity index (χ3v) is 4.93. The Morgan fingerprint density at radius 1 is 0.750 bits per heavy atom. The Morgan fingerprint density at radius 2 is 1.21 bits per heavy atom. The average Bonchev–Trinajstić information content (AvgIpc) is 2.58. The fraction of sp³-hybridized carbons (Fsp3) is 0.818. The van der Waals surface area contributed by atoms with Crippen LogP contribution in [-0.4, -0.2) is 11.2 Å². The summed E-state index contributed by atoms with van der Waals surface area (Å²) in [5.41, 5.74) is 0. The SMILES string of the molecule is CCCCCCCCCCCCCCCCCC1C=CC=C(O)O1. The minimum atomic E-state index is 0.0588. The van der Waals surface area contributed by atoms with Crippen molar-refractivity contribution >= 4 is 0 Å². The van der Waals surface area contributed by atoms with Crippen LogP contribution < -0.4 is 0 Å². The van der Waals surface area contributed by atoms with Crippen molar-refractivity contribution in [3.05, 3.63) is 24.2 Å². The Hall–Kier alpha value is -0.920. The molecule has 1 rings (SSSR count). The maximum atomic E-state index is 9.29. The zero-order valence-corrected chi connectivity index (χ0v) is 16.0. The zero-order chi connectivity index (χ0) is 17.3. The second-order valence-electron chi connectivity index (χ2n) is 7.28. The highest BCUT2D eigenvalue weighted by atomic mass is 16.6. The number of aliphatic hydroxyl groups excluding tert-OH is 1. The molecule has 0 spiro atoms. The number of allylic oxidation sites excluding steroid dienone is 2. The lowest BCUT2D eigenvalue weighted by Crippen LogP contribution is -2.11. The number of unbranched alkanes of at least 4 members (excludes halogenated alkanes) is 14. The van der Waals surface area contributed by atoms with E-state index in [4.69, 9.17) is 4.74 Å². The molecule has 140 valence electrons. The van der Waals surface area contributed by atoms with Gasteiger partial charge in [0.25, 0.3) is 5.95 Å². The molecule has 0 saturated heterocycles. The van der Waals surface area contributed by atoms with Crippen LogP contribution in [0.5, 0.6) is 0 Å². The Morgan fingerprint density at radius 3 is 1.67 bits per heavy atom. The van der Waals surface area contributed by atoms with Gasteiger partial charge in [-0.15, -0.1) is 0 Å². The van der Waals surface area contributed by atoms with E-state index in [2.05, 4.69) is 6.92 Å². The molecule has 0 saturated carbocycles. The number of hydrogen-bond acceptors (Lipinski definition) is 2. The van der Waals surface area contributed by atoms with Gasteiger partial charge in [-0.05, 0) is 18.9 Å². The van der Waals surface area contributed by atoms with Crippen molar-refractivity contribution in [1.82, 2.24) is 0 Å². The smallest absolute Gasteiger partial charge is 0.277 e. The van der Waals surface area contributed by atoms with Crippen molar-refractivity contribution in [2.75, 3.05) is 0 Å². The zero-order valence-electron chi connectivity index (χ0n) is 16.0. The number of ether oxygens (including phenoxy) is 1. The van der Waals surface area contributed by atoms with Gasteiger partial charge in [0, 0.05) is 6.08 Å². The van der Waals surface area contributed by atoms with Crippen LogP contribution in [0.25, 0.3) is 0 Å². The quantitative estimate of drug-likeness (QED) is 0.294. The van der Waals surface area contributed by atoms with Gasteiger partial charge in [0.1, 0.15) is 6.10 Å². The molecular formula is C22H40O2. The standard InChI is InChI=1S/C22H40O2/c1-2-3-4-5-6-7-8-9-10-11-12-13-14-15-16-18-21-19-17-20-22(23)24-21/h17,19-21,23H,2-16,18H2,1H3. The highest BCUT2D eigenvalue weighted by Crippen LogP contribution is 2.17.